The van der Waals surface area contributed by atoms with Gasteiger partial charge in [0.25, 0.3) is 0 Å². The van der Waals surface area contributed by atoms with Crippen molar-refractivity contribution in [2.24, 2.45) is 0 Å². The Bertz CT molecular complexity index is 345. The van der Waals surface area contributed by atoms with Crippen molar-refractivity contribution in [2.75, 3.05) is 13.1 Å². The van der Waals surface area contributed by atoms with Crippen molar-refractivity contribution in [1.29, 1.82) is 0 Å². The van der Waals surface area contributed by atoms with Gasteiger partial charge in [-0.15, -0.1) is 5.10 Å². The fourth-order valence-corrected chi connectivity index (χ4v) is 1.63. The maximum Gasteiger partial charge on any atom is 0.244 e. The van der Waals surface area contributed by atoms with Crippen LogP contribution in [-0.2, 0) is 17.9 Å². The number of aliphatic hydroxyl groups excluding tert-OH is 1. The van der Waals surface area contributed by atoms with Crippen molar-refractivity contribution < 1.29 is 9.90 Å². The normalized spacial score (nSPS) is 10.5. The largest absolute Gasteiger partial charge is 0.390 e. The molecule has 6 nitrogen and oxygen atoms in total. The number of carbonyl (C=O) groups excluding carboxylic acids is 1. The first-order valence-electron chi connectivity index (χ1n) is 5.98. The number of carbonyl (C=O) groups is 1. The molecule has 17 heavy (non-hydrogen) atoms. The molecule has 1 rings (SSSR count). The molecule has 0 aromatic carbocycles. The maximum absolute atomic E-state index is 12.0. The first-order chi connectivity index (χ1) is 8.21. The zero-order chi connectivity index (χ0) is 12.7. The lowest BCUT2D eigenvalue weighted by Crippen LogP contribution is -2.35. The van der Waals surface area contributed by atoms with Gasteiger partial charge in [-0.2, -0.15) is 0 Å². The van der Waals surface area contributed by atoms with Crippen LogP contribution in [0.2, 0.25) is 0 Å². The van der Waals surface area contributed by atoms with E-state index in [1.54, 1.807) is 6.20 Å². The topological polar surface area (TPSA) is 71.2 Å². The minimum Gasteiger partial charge on any atom is -0.390 e. The molecular formula is C11H20N4O2. The van der Waals surface area contributed by atoms with Gasteiger partial charge in [0, 0.05) is 13.1 Å². The van der Waals surface area contributed by atoms with Gasteiger partial charge in [0.1, 0.15) is 12.2 Å². The van der Waals surface area contributed by atoms with Gasteiger partial charge in [-0.25, -0.2) is 4.68 Å². The average molecular weight is 240 g/mol. The lowest BCUT2D eigenvalue weighted by atomic mass is 10.3. The summed E-state index contributed by atoms with van der Waals surface area (Å²) in [6, 6.07) is 0. The van der Waals surface area contributed by atoms with Crippen molar-refractivity contribution in [3.8, 4) is 0 Å². The number of nitrogens with zero attached hydrogens (tertiary/aromatic N) is 4. The van der Waals surface area contributed by atoms with E-state index in [-0.39, 0.29) is 19.1 Å². The second-order valence-electron chi connectivity index (χ2n) is 3.95. The van der Waals surface area contributed by atoms with Crippen LogP contribution in [0.15, 0.2) is 6.20 Å². The third-order valence-corrected chi connectivity index (χ3v) is 2.39. The Balaban J connectivity index is 2.56. The SMILES string of the molecule is CCCN(CCC)C(=O)Cn1cc(CO)nn1. The highest BCUT2D eigenvalue weighted by Gasteiger charge is 2.13. The van der Waals surface area contributed by atoms with Crippen LogP contribution in [0.3, 0.4) is 0 Å². The first kappa shape index (κ1) is 13.6. The molecule has 0 saturated carbocycles. The number of aliphatic hydroxyl groups is 1. The standard InChI is InChI=1S/C11H20N4O2/c1-3-5-14(6-4-2)11(17)8-15-7-10(9-16)12-13-15/h7,16H,3-6,8-9H2,1-2H3. The molecule has 0 aliphatic heterocycles. The molecule has 1 aromatic rings. The summed E-state index contributed by atoms with van der Waals surface area (Å²) in [6.45, 7) is 5.68. The summed E-state index contributed by atoms with van der Waals surface area (Å²) < 4.78 is 1.46. The predicted octanol–water partition coefficient (Wildman–Crippen LogP) is 0.419. The van der Waals surface area contributed by atoms with Crippen LogP contribution in [0.5, 0.6) is 0 Å². The zero-order valence-corrected chi connectivity index (χ0v) is 10.5. The molecule has 1 aromatic heterocycles. The van der Waals surface area contributed by atoms with Crippen LogP contribution in [0.4, 0.5) is 0 Å². The molecule has 0 atom stereocenters. The van der Waals surface area contributed by atoms with E-state index >= 15 is 0 Å². The number of hydrogen-bond donors (Lipinski definition) is 1. The maximum atomic E-state index is 12.0. The lowest BCUT2D eigenvalue weighted by Gasteiger charge is -2.21. The van der Waals surface area contributed by atoms with E-state index in [9.17, 15) is 4.79 Å². The summed E-state index contributed by atoms with van der Waals surface area (Å²) in [4.78, 5) is 13.8. The number of amides is 1. The Morgan fingerprint density at radius 2 is 2.06 bits per heavy atom. The molecule has 0 spiro atoms. The van der Waals surface area contributed by atoms with Gasteiger partial charge in [0.15, 0.2) is 0 Å². The molecule has 0 radical (unpaired) electrons. The van der Waals surface area contributed by atoms with E-state index in [2.05, 4.69) is 24.2 Å². The zero-order valence-electron chi connectivity index (χ0n) is 10.5. The van der Waals surface area contributed by atoms with Gasteiger partial charge in [0.05, 0.1) is 12.8 Å². The first-order valence-corrected chi connectivity index (χ1v) is 5.98. The minimum atomic E-state index is -0.151. The molecule has 0 saturated heterocycles. The van der Waals surface area contributed by atoms with Crippen LogP contribution >= 0.6 is 0 Å². The van der Waals surface area contributed by atoms with Crippen molar-refractivity contribution in [3.05, 3.63) is 11.9 Å². The highest BCUT2D eigenvalue weighted by molar-refractivity contribution is 5.75. The molecule has 96 valence electrons. The van der Waals surface area contributed by atoms with Crippen molar-refractivity contribution in [1.82, 2.24) is 19.9 Å². The van der Waals surface area contributed by atoms with E-state index in [0.29, 0.717) is 5.69 Å². The molecule has 6 heteroatoms. The molecule has 1 N–H and O–H groups in total. The quantitative estimate of drug-likeness (QED) is 0.749. The molecule has 1 amide bonds. The Hall–Kier alpha value is -1.43. The summed E-state index contributed by atoms with van der Waals surface area (Å²) in [5.41, 5.74) is 0.482. The molecule has 0 aliphatic rings. The minimum absolute atomic E-state index is 0.0445. The van der Waals surface area contributed by atoms with Gasteiger partial charge in [0.2, 0.25) is 5.91 Å². The van der Waals surface area contributed by atoms with Gasteiger partial charge in [-0.3, -0.25) is 4.79 Å². The second-order valence-corrected chi connectivity index (χ2v) is 3.95. The van der Waals surface area contributed by atoms with Crippen LogP contribution < -0.4 is 0 Å². The summed E-state index contributed by atoms with van der Waals surface area (Å²) in [7, 11) is 0. The summed E-state index contributed by atoms with van der Waals surface area (Å²) in [5.74, 6) is 0.0445. The van der Waals surface area contributed by atoms with Crippen LogP contribution in [0.1, 0.15) is 32.4 Å². The summed E-state index contributed by atoms with van der Waals surface area (Å²) >= 11 is 0. The number of rotatable bonds is 7. The average Bonchev–Trinajstić information content (AvgIpc) is 2.76. The molecule has 0 unspecified atom stereocenters. The van der Waals surface area contributed by atoms with E-state index in [0.717, 1.165) is 25.9 Å². The van der Waals surface area contributed by atoms with Crippen LogP contribution in [-0.4, -0.2) is 44.0 Å². The Morgan fingerprint density at radius 3 is 2.53 bits per heavy atom. The number of hydrogen-bond acceptors (Lipinski definition) is 4. The van der Waals surface area contributed by atoms with Gasteiger partial charge >= 0.3 is 0 Å². The Labute approximate surface area is 101 Å². The smallest absolute Gasteiger partial charge is 0.244 e. The third-order valence-electron chi connectivity index (χ3n) is 2.39. The monoisotopic (exact) mass is 240 g/mol. The highest BCUT2D eigenvalue weighted by Crippen LogP contribution is 1.99. The summed E-state index contributed by atoms with van der Waals surface area (Å²) in [5, 5.41) is 16.4. The van der Waals surface area contributed by atoms with Crippen LogP contribution in [0.25, 0.3) is 0 Å². The molecule has 0 fully saturated rings. The van der Waals surface area contributed by atoms with Crippen molar-refractivity contribution in [3.63, 3.8) is 0 Å². The molecular weight excluding hydrogens is 220 g/mol. The fraction of sp³-hybridized carbons (Fsp3) is 0.727. The van der Waals surface area contributed by atoms with Crippen LogP contribution in [0, 0.1) is 0 Å². The van der Waals surface area contributed by atoms with E-state index in [1.165, 1.54) is 4.68 Å². The molecule has 0 aliphatic carbocycles. The molecule has 0 bridgehead atoms. The predicted molar refractivity (Wildman–Crippen MR) is 63.1 cm³/mol. The second kappa shape index (κ2) is 7.01. The van der Waals surface area contributed by atoms with Gasteiger partial charge in [-0.1, -0.05) is 19.1 Å². The lowest BCUT2D eigenvalue weighted by molar-refractivity contribution is -0.132. The molecule has 1 heterocycles. The fourth-order valence-electron chi connectivity index (χ4n) is 1.63. The van der Waals surface area contributed by atoms with E-state index in [1.807, 2.05) is 4.90 Å². The third kappa shape index (κ3) is 4.14. The van der Waals surface area contributed by atoms with Gasteiger partial charge < -0.3 is 10.0 Å². The Morgan fingerprint density at radius 1 is 1.41 bits per heavy atom. The van der Waals surface area contributed by atoms with E-state index < -0.39 is 0 Å². The summed E-state index contributed by atoms with van der Waals surface area (Å²) in [6.07, 6.45) is 3.49. The van der Waals surface area contributed by atoms with Crippen molar-refractivity contribution >= 4 is 5.91 Å². The van der Waals surface area contributed by atoms with E-state index in [4.69, 9.17) is 5.11 Å². The Kier molecular flexibility index (Phi) is 5.62. The van der Waals surface area contributed by atoms with Gasteiger partial charge in [-0.05, 0) is 12.8 Å². The highest BCUT2D eigenvalue weighted by atomic mass is 16.3. The number of aromatic nitrogens is 3. The van der Waals surface area contributed by atoms with Crippen molar-refractivity contribution in [2.45, 2.75) is 39.8 Å².